The van der Waals surface area contributed by atoms with Crippen LogP contribution in [0.4, 0.5) is 5.82 Å². The van der Waals surface area contributed by atoms with E-state index in [-0.39, 0.29) is 0 Å². The van der Waals surface area contributed by atoms with Gasteiger partial charge in [-0.05, 0) is 19.4 Å². The zero-order valence-corrected chi connectivity index (χ0v) is 10.2. The molecule has 2 rings (SSSR count). The highest BCUT2D eigenvalue weighted by molar-refractivity contribution is 6.03. The van der Waals surface area contributed by atoms with Crippen molar-refractivity contribution in [2.24, 2.45) is 4.99 Å². The third kappa shape index (κ3) is 3.03. The number of aliphatic imine (C=N–C) groups is 1. The van der Waals surface area contributed by atoms with Gasteiger partial charge in [0.1, 0.15) is 11.7 Å². The Hall–Kier alpha value is -1.91. The molecule has 17 heavy (non-hydrogen) atoms. The molecule has 0 spiro atoms. The number of hydrogen-bond donors (Lipinski definition) is 1. The van der Waals surface area contributed by atoms with Gasteiger partial charge in [-0.2, -0.15) is 0 Å². The Balaban J connectivity index is 2.02. The lowest BCUT2D eigenvalue weighted by atomic mass is 10.2. The quantitative estimate of drug-likeness (QED) is 0.633. The average Bonchev–Trinajstić information content (AvgIpc) is 2.27. The molecule has 90 valence electrons. The second-order valence-corrected chi connectivity index (χ2v) is 3.95. The van der Waals surface area contributed by atoms with Crippen molar-refractivity contribution in [1.29, 1.82) is 0 Å². The lowest BCUT2D eigenvalue weighted by Crippen LogP contribution is -2.35. The van der Waals surface area contributed by atoms with Gasteiger partial charge >= 0.3 is 0 Å². The summed E-state index contributed by atoms with van der Waals surface area (Å²) in [6.45, 7) is 4.39. The summed E-state index contributed by atoms with van der Waals surface area (Å²) in [5.41, 5.74) is 1.23. The number of anilines is 1. The van der Waals surface area contributed by atoms with Crippen LogP contribution >= 0.6 is 0 Å². The summed E-state index contributed by atoms with van der Waals surface area (Å²) in [5, 5.41) is 3.14. The predicted molar refractivity (Wildman–Crippen MR) is 69.0 cm³/mol. The third-order valence-corrected chi connectivity index (χ3v) is 2.76. The molecule has 0 aromatic carbocycles. The van der Waals surface area contributed by atoms with Gasteiger partial charge in [-0.1, -0.05) is 0 Å². The standard InChI is InChI=1S/C12H17N5/c1-10(17-6-3-7-17)8-11(13-2)16-12-9-14-4-5-15-12/h4-5,8-9H,3,6-7H2,1-2H3,(H,13,15,16)/b10-8+. The summed E-state index contributed by atoms with van der Waals surface area (Å²) in [6.07, 6.45) is 8.30. The zero-order chi connectivity index (χ0) is 12.1. The van der Waals surface area contributed by atoms with E-state index in [0.29, 0.717) is 5.82 Å². The van der Waals surface area contributed by atoms with Crippen LogP contribution < -0.4 is 5.32 Å². The molecule has 0 atom stereocenters. The van der Waals surface area contributed by atoms with Crippen LogP contribution in [0.1, 0.15) is 13.3 Å². The van der Waals surface area contributed by atoms with E-state index in [2.05, 4.69) is 32.1 Å². The first-order valence-electron chi connectivity index (χ1n) is 5.72. The summed E-state index contributed by atoms with van der Waals surface area (Å²) in [5.74, 6) is 1.51. The summed E-state index contributed by atoms with van der Waals surface area (Å²) in [7, 11) is 1.76. The van der Waals surface area contributed by atoms with Gasteiger partial charge in [0.2, 0.25) is 0 Å². The first-order valence-corrected chi connectivity index (χ1v) is 5.72. The minimum absolute atomic E-state index is 0.709. The van der Waals surface area contributed by atoms with Crippen LogP contribution in [0.3, 0.4) is 0 Å². The number of allylic oxidation sites excluding steroid dienone is 1. The van der Waals surface area contributed by atoms with E-state index in [1.54, 1.807) is 25.6 Å². The summed E-state index contributed by atoms with van der Waals surface area (Å²) >= 11 is 0. The summed E-state index contributed by atoms with van der Waals surface area (Å²) in [4.78, 5) is 14.7. The summed E-state index contributed by atoms with van der Waals surface area (Å²) in [6, 6.07) is 0. The van der Waals surface area contributed by atoms with Gasteiger partial charge in [0.05, 0.1) is 6.20 Å². The SMILES string of the molecule is CN=C(/C=C(\C)N1CCC1)Nc1cnccn1. The van der Waals surface area contributed by atoms with Crippen LogP contribution in [0.5, 0.6) is 0 Å². The van der Waals surface area contributed by atoms with Crippen molar-refractivity contribution in [3.63, 3.8) is 0 Å². The second-order valence-electron chi connectivity index (χ2n) is 3.95. The van der Waals surface area contributed by atoms with Crippen molar-refractivity contribution in [1.82, 2.24) is 14.9 Å². The highest BCUT2D eigenvalue weighted by Crippen LogP contribution is 2.13. The van der Waals surface area contributed by atoms with Crippen LogP contribution in [0.15, 0.2) is 35.4 Å². The molecule has 0 bridgehead atoms. The van der Waals surface area contributed by atoms with Crippen LogP contribution in [0.2, 0.25) is 0 Å². The number of nitrogens with one attached hydrogen (secondary N) is 1. The largest absolute Gasteiger partial charge is 0.375 e. The highest BCUT2D eigenvalue weighted by Gasteiger charge is 2.13. The Bertz CT molecular complexity index is 420. The fourth-order valence-electron chi connectivity index (χ4n) is 1.61. The molecule has 1 aliphatic heterocycles. The van der Waals surface area contributed by atoms with Gasteiger partial charge in [0.15, 0.2) is 0 Å². The second kappa shape index (κ2) is 5.43. The molecule has 1 N–H and O–H groups in total. The van der Waals surface area contributed by atoms with Gasteiger partial charge in [0.25, 0.3) is 0 Å². The molecule has 5 nitrogen and oxygen atoms in total. The van der Waals surface area contributed by atoms with Crippen LogP contribution in [-0.2, 0) is 0 Å². The Morgan fingerprint density at radius 1 is 1.47 bits per heavy atom. The lowest BCUT2D eigenvalue weighted by Gasteiger charge is -2.33. The molecule has 1 saturated heterocycles. The van der Waals surface area contributed by atoms with E-state index >= 15 is 0 Å². The topological polar surface area (TPSA) is 53.4 Å². The minimum atomic E-state index is 0.709. The lowest BCUT2D eigenvalue weighted by molar-refractivity contribution is 0.239. The third-order valence-electron chi connectivity index (χ3n) is 2.76. The highest BCUT2D eigenvalue weighted by atomic mass is 15.2. The monoisotopic (exact) mass is 231 g/mol. The molecule has 0 radical (unpaired) electrons. The number of nitrogens with zero attached hydrogens (tertiary/aromatic N) is 4. The number of aromatic nitrogens is 2. The van der Waals surface area contributed by atoms with Gasteiger partial charge in [-0.3, -0.25) is 9.98 Å². The van der Waals surface area contributed by atoms with Crippen molar-refractivity contribution in [2.75, 3.05) is 25.5 Å². The minimum Gasteiger partial charge on any atom is -0.375 e. The van der Waals surface area contributed by atoms with Crippen molar-refractivity contribution in [3.8, 4) is 0 Å². The fraction of sp³-hybridized carbons (Fsp3) is 0.417. The van der Waals surface area contributed by atoms with E-state index in [4.69, 9.17) is 0 Å². The van der Waals surface area contributed by atoms with Crippen LogP contribution in [0.25, 0.3) is 0 Å². The maximum absolute atomic E-state index is 4.20. The molecule has 1 fully saturated rings. The first-order chi connectivity index (χ1) is 8.29. The van der Waals surface area contributed by atoms with Crippen LogP contribution in [0, 0.1) is 0 Å². The smallest absolute Gasteiger partial charge is 0.150 e. The Morgan fingerprint density at radius 3 is 2.82 bits per heavy atom. The van der Waals surface area contributed by atoms with E-state index in [1.165, 1.54) is 12.1 Å². The maximum Gasteiger partial charge on any atom is 0.150 e. The Kier molecular flexibility index (Phi) is 3.69. The van der Waals surface area contributed by atoms with E-state index in [1.807, 2.05) is 6.08 Å². The molecule has 2 heterocycles. The molecular formula is C12H17N5. The first kappa shape index (κ1) is 11.6. The molecule has 0 unspecified atom stereocenters. The van der Waals surface area contributed by atoms with Crippen molar-refractivity contribution in [2.45, 2.75) is 13.3 Å². The van der Waals surface area contributed by atoms with Gasteiger partial charge in [-0.25, -0.2) is 4.98 Å². The zero-order valence-electron chi connectivity index (χ0n) is 10.2. The summed E-state index contributed by atoms with van der Waals surface area (Å²) < 4.78 is 0. The molecule has 5 heteroatoms. The fourth-order valence-corrected chi connectivity index (χ4v) is 1.61. The van der Waals surface area contributed by atoms with E-state index in [0.717, 1.165) is 18.9 Å². The van der Waals surface area contributed by atoms with E-state index in [9.17, 15) is 0 Å². The molecule has 0 aliphatic carbocycles. The average molecular weight is 231 g/mol. The number of amidine groups is 1. The molecular weight excluding hydrogens is 214 g/mol. The maximum atomic E-state index is 4.20. The normalized spacial score (nSPS) is 16.7. The number of likely N-dealkylation sites (tertiary alicyclic amines) is 1. The van der Waals surface area contributed by atoms with Crippen LogP contribution in [-0.4, -0.2) is 40.8 Å². The van der Waals surface area contributed by atoms with E-state index < -0.39 is 0 Å². The van der Waals surface area contributed by atoms with Gasteiger partial charge in [-0.15, -0.1) is 0 Å². The van der Waals surface area contributed by atoms with Crippen molar-refractivity contribution >= 4 is 11.7 Å². The van der Waals surface area contributed by atoms with Crippen molar-refractivity contribution < 1.29 is 0 Å². The predicted octanol–water partition coefficient (Wildman–Crippen LogP) is 1.53. The molecule has 1 aliphatic rings. The molecule has 1 aromatic rings. The number of hydrogen-bond acceptors (Lipinski definition) is 4. The Labute approximate surface area is 101 Å². The number of rotatable bonds is 3. The van der Waals surface area contributed by atoms with Gasteiger partial charge < -0.3 is 10.2 Å². The molecule has 1 aromatic heterocycles. The van der Waals surface area contributed by atoms with Gasteiger partial charge in [0, 0.05) is 38.2 Å². The van der Waals surface area contributed by atoms with Crippen molar-refractivity contribution in [3.05, 3.63) is 30.4 Å². The Morgan fingerprint density at radius 2 is 2.29 bits per heavy atom. The molecule has 0 amide bonds. The molecule has 0 saturated carbocycles.